The number of nitrogens with zero attached hydrogens (tertiary/aromatic N) is 1. The van der Waals surface area contributed by atoms with Crippen molar-refractivity contribution in [3.05, 3.63) is 34.1 Å². The molecule has 1 N–H and O–H groups in total. The molecule has 110 valence electrons. The highest BCUT2D eigenvalue weighted by atomic mass is 79.9. The maximum absolute atomic E-state index is 13.5. The van der Waals surface area contributed by atoms with E-state index in [4.69, 9.17) is 4.74 Å². The first-order valence-electron chi connectivity index (χ1n) is 7.12. The maximum Gasteiger partial charge on any atom is 0.137 e. The largest absolute Gasteiger partial charge is 0.390 e. The van der Waals surface area contributed by atoms with Crippen molar-refractivity contribution in [2.75, 3.05) is 19.7 Å². The zero-order chi connectivity index (χ0) is 14.1. The molecule has 0 bridgehead atoms. The second kappa shape index (κ2) is 6.10. The third-order valence-corrected chi connectivity index (χ3v) is 5.19. The van der Waals surface area contributed by atoms with Crippen molar-refractivity contribution in [1.82, 2.24) is 4.90 Å². The highest BCUT2D eigenvalue weighted by Gasteiger charge is 2.35. The molecule has 1 aromatic carbocycles. The molecular weight excluding hydrogens is 325 g/mol. The van der Waals surface area contributed by atoms with Crippen molar-refractivity contribution < 1.29 is 14.2 Å². The SMILES string of the molecule is OC(Cc1cccc(F)c1Br)C1CN2CCCC2CO1. The third-order valence-electron chi connectivity index (χ3n) is 4.31. The highest BCUT2D eigenvalue weighted by molar-refractivity contribution is 9.10. The number of aliphatic hydroxyl groups excluding tert-OH is 1. The van der Waals surface area contributed by atoms with Gasteiger partial charge in [0.1, 0.15) is 5.82 Å². The quantitative estimate of drug-likeness (QED) is 0.914. The fraction of sp³-hybridized carbons (Fsp3) is 0.600. The Bertz CT molecular complexity index is 485. The number of fused-ring (bicyclic) bond motifs is 1. The van der Waals surface area contributed by atoms with Crippen molar-refractivity contribution in [2.24, 2.45) is 0 Å². The monoisotopic (exact) mass is 343 g/mol. The Labute approximate surface area is 126 Å². The molecule has 1 aromatic rings. The molecule has 2 aliphatic rings. The van der Waals surface area contributed by atoms with Crippen LogP contribution in [0.5, 0.6) is 0 Å². The van der Waals surface area contributed by atoms with Crippen LogP contribution in [0.1, 0.15) is 18.4 Å². The van der Waals surface area contributed by atoms with Crippen molar-refractivity contribution in [2.45, 2.75) is 37.5 Å². The lowest BCUT2D eigenvalue weighted by molar-refractivity contribution is -0.101. The third kappa shape index (κ3) is 2.91. The molecule has 0 aromatic heterocycles. The lowest BCUT2D eigenvalue weighted by Gasteiger charge is -2.37. The Hall–Kier alpha value is -0.490. The van der Waals surface area contributed by atoms with E-state index in [-0.39, 0.29) is 11.9 Å². The summed E-state index contributed by atoms with van der Waals surface area (Å²) in [5.74, 6) is -0.293. The summed E-state index contributed by atoms with van der Waals surface area (Å²) in [7, 11) is 0. The minimum absolute atomic E-state index is 0.181. The van der Waals surface area contributed by atoms with Gasteiger partial charge in [-0.1, -0.05) is 12.1 Å². The molecule has 0 spiro atoms. The topological polar surface area (TPSA) is 32.7 Å². The molecule has 3 unspecified atom stereocenters. The molecule has 2 saturated heterocycles. The van der Waals surface area contributed by atoms with Gasteiger partial charge in [0, 0.05) is 19.0 Å². The van der Waals surface area contributed by atoms with Crippen LogP contribution in [0.3, 0.4) is 0 Å². The molecule has 2 fully saturated rings. The van der Waals surface area contributed by atoms with Gasteiger partial charge in [0.25, 0.3) is 0 Å². The van der Waals surface area contributed by atoms with Crippen LogP contribution >= 0.6 is 15.9 Å². The minimum Gasteiger partial charge on any atom is -0.390 e. The Morgan fingerprint density at radius 3 is 3.20 bits per heavy atom. The molecule has 3 atom stereocenters. The summed E-state index contributed by atoms with van der Waals surface area (Å²) >= 11 is 3.24. The summed E-state index contributed by atoms with van der Waals surface area (Å²) < 4.78 is 19.7. The van der Waals surface area contributed by atoms with Crippen molar-refractivity contribution >= 4 is 15.9 Å². The lowest BCUT2D eigenvalue weighted by Crippen LogP contribution is -2.50. The van der Waals surface area contributed by atoms with E-state index in [1.54, 1.807) is 6.07 Å². The fourth-order valence-corrected chi connectivity index (χ4v) is 3.56. The first-order valence-corrected chi connectivity index (χ1v) is 7.91. The Balaban J connectivity index is 1.64. The summed E-state index contributed by atoms with van der Waals surface area (Å²) in [6.45, 7) is 2.58. The van der Waals surface area contributed by atoms with Gasteiger partial charge in [0.15, 0.2) is 0 Å². The first kappa shape index (κ1) is 14.4. The number of benzene rings is 1. The predicted molar refractivity (Wildman–Crippen MR) is 78.1 cm³/mol. The molecule has 3 nitrogen and oxygen atoms in total. The van der Waals surface area contributed by atoms with Gasteiger partial charge >= 0.3 is 0 Å². The normalized spacial score (nSPS) is 28.4. The summed E-state index contributed by atoms with van der Waals surface area (Å²) in [6.07, 6.45) is 2.03. The van der Waals surface area contributed by atoms with E-state index in [0.717, 1.165) is 18.7 Å². The number of halogens is 2. The van der Waals surface area contributed by atoms with Gasteiger partial charge in [0.05, 0.1) is 23.3 Å². The minimum atomic E-state index is -0.602. The average molecular weight is 344 g/mol. The van der Waals surface area contributed by atoms with Crippen molar-refractivity contribution in [1.29, 1.82) is 0 Å². The van der Waals surface area contributed by atoms with E-state index >= 15 is 0 Å². The van der Waals surface area contributed by atoms with Gasteiger partial charge in [-0.2, -0.15) is 0 Å². The Morgan fingerprint density at radius 1 is 1.50 bits per heavy atom. The molecule has 0 amide bonds. The second-order valence-electron chi connectivity index (χ2n) is 5.65. The molecule has 2 aliphatic heterocycles. The Morgan fingerprint density at radius 2 is 2.35 bits per heavy atom. The van der Waals surface area contributed by atoms with Crippen LogP contribution in [0.2, 0.25) is 0 Å². The number of hydrogen-bond donors (Lipinski definition) is 1. The zero-order valence-corrected chi connectivity index (χ0v) is 12.9. The van der Waals surface area contributed by atoms with Crippen LogP contribution in [0.15, 0.2) is 22.7 Å². The molecule has 0 radical (unpaired) electrons. The second-order valence-corrected chi connectivity index (χ2v) is 6.44. The van der Waals surface area contributed by atoms with Crippen LogP contribution in [0.25, 0.3) is 0 Å². The summed E-state index contributed by atoms with van der Waals surface area (Å²) in [5.41, 5.74) is 0.782. The summed E-state index contributed by atoms with van der Waals surface area (Å²) in [5, 5.41) is 10.4. The maximum atomic E-state index is 13.5. The van der Waals surface area contributed by atoms with E-state index < -0.39 is 6.10 Å². The number of rotatable bonds is 3. The van der Waals surface area contributed by atoms with Gasteiger partial charge in [-0.05, 0) is 46.9 Å². The molecule has 2 heterocycles. The molecule has 3 rings (SSSR count). The van der Waals surface area contributed by atoms with Crippen molar-refractivity contribution in [3.63, 3.8) is 0 Å². The average Bonchev–Trinajstić information content (AvgIpc) is 2.91. The van der Waals surface area contributed by atoms with Crippen molar-refractivity contribution in [3.8, 4) is 0 Å². The fourth-order valence-electron chi connectivity index (χ4n) is 3.14. The smallest absolute Gasteiger partial charge is 0.137 e. The predicted octanol–water partition coefficient (Wildman–Crippen LogP) is 2.35. The number of aliphatic hydroxyl groups is 1. The van der Waals surface area contributed by atoms with Crippen LogP contribution in [0.4, 0.5) is 4.39 Å². The van der Waals surface area contributed by atoms with Crippen LogP contribution < -0.4 is 0 Å². The lowest BCUT2D eigenvalue weighted by atomic mass is 10.0. The molecule has 5 heteroatoms. The van der Waals surface area contributed by atoms with E-state index in [2.05, 4.69) is 20.8 Å². The molecule has 20 heavy (non-hydrogen) atoms. The van der Waals surface area contributed by atoms with Gasteiger partial charge in [0.2, 0.25) is 0 Å². The van der Waals surface area contributed by atoms with E-state index in [1.165, 1.54) is 18.9 Å². The van der Waals surface area contributed by atoms with Crippen LogP contribution in [-0.4, -0.2) is 48.0 Å². The van der Waals surface area contributed by atoms with Gasteiger partial charge < -0.3 is 9.84 Å². The molecule has 0 aliphatic carbocycles. The Kier molecular flexibility index (Phi) is 4.40. The van der Waals surface area contributed by atoms with E-state index in [0.29, 0.717) is 23.5 Å². The van der Waals surface area contributed by atoms with Gasteiger partial charge in [-0.15, -0.1) is 0 Å². The summed E-state index contributed by atoms with van der Waals surface area (Å²) in [4.78, 5) is 2.40. The van der Waals surface area contributed by atoms with Crippen LogP contribution in [-0.2, 0) is 11.2 Å². The zero-order valence-electron chi connectivity index (χ0n) is 11.3. The standard InChI is InChI=1S/C15H19BrFNO2/c16-15-10(3-1-5-12(15)17)7-13(19)14-8-18-6-2-4-11(18)9-20-14/h1,3,5,11,13-14,19H,2,4,6-9H2. The van der Waals surface area contributed by atoms with Gasteiger partial charge in [-0.25, -0.2) is 4.39 Å². The van der Waals surface area contributed by atoms with E-state index in [9.17, 15) is 9.50 Å². The number of hydrogen-bond acceptors (Lipinski definition) is 3. The molecular formula is C15H19BrFNO2. The summed E-state index contributed by atoms with van der Waals surface area (Å²) in [6, 6.07) is 5.43. The number of morpholine rings is 1. The molecule has 0 saturated carbocycles. The number of ether oxygens (including phenoxy) is 1. The highest BCUT2D eigenvalue weighted by Crippen LogP contribution is 2.26. The van der Waals surface area contributed by atoms with E-state index in [1.807, 2.05) is 6.07 Å². The van der Waals surface area contributed by atoms with Gasteiger partial charge in [-0.3, -0.25) is 4.90 Å². The first-order chi connectivity index (χ1) is 9.65. The van der Waals surface area contributed by atoms with Crippen LogP contribution in [0, 0.1) is 5.82 Å².